The summed E-state index contributed by atoms with van der Waals surface area (Å²) in [5, 5.41) is 4.14. The number of hydrogen-bond donors (Lipinski definition) is 1. The first-order valence-electron chi connectivity index (χ1n) is 11.1. The van der Waals surface area contributed by atoms with Gasteiger partial charge in [0.2, 0.25) is 5.95 Å². The van der Waals surface area contributed by atoms with Gasteiger partial charge < -0.3 is 10.2 Å². The van der Waals surface area contributed by atoms with Crippen molar-refractivity contribution in [2.24, 2.45) is 5.92 Å². The Morgan fingerprint density at radius 1 is 1.25 bits per heavy atom. The maximum Gasteiger partial charge on any atom is 0.266 e. The van der Waals surface area contributed by atoms with Crippen LogP contribution >= 0.6 is 11.3 Å². The lowest BCUT2D eigenvalue weighted by Gasteiger charge is -2.40. The molecule has 1 aliphatic rings. The van der Waals surface area contributed by atoms with Gasteiger partial charge in [-0.3, -0.25) is 4.79 Å². The van der Waals surface area contributed by atoms with Crippen molar-refractivity contribution in [1.82, 2.24) is 19.9 Å². The number of benzene rings is 1. The van der Waals surface area contributed by atoms with Crippen LogP contribution in [0.1, 0.15) is 46.9 Å². The van der Waals surface area contributed by atoms with Gasteiger partial charge in [0.05, 0.1) is 16.7 Å². The average Bonchev–Trinajstić information content (AvgIpc) is 3.20. The maximum atomic E-state index is 13.7. The third-order valence-corrected chi connectivity index (χ3v) is 6.96. The summed E-state index contributed by atoms with van der Waals surface area (Å²) in [6.45, 7) is 7.43. The molecule has 3 aromatic rings. The molecule has 1 fully saturated rings. The molecule has 0 bridgehead atoms. The lowest BCUT2D eigenvalue weighted by atomic mass is 9.90. The Kier molecular flexibility index (Phi) is 6.79. The molecule has 0 aliphatic carbocycles. The molecule has 0 spiro atoms. The van der Waals surface area contributed by atoms with E-state index in [0.717, 1.165) is 35.4 Å². The van der Waals surface area contributed by atoms with Crippen LogP contribution in [0, 0.1) is 18.7 Å². The van der Waals surface area contributed by atoms with Crippen LogP contribution in [0.3, 0.4) is 0 Å². The molecule has 168 valence electrons. The number of amides is 1. The van der Waals surface area contributed by atoms with Gasteiger partial charge in [-0.2, -0.15) is 0 Å². The summed E-state index contributed by atoms with van der Waals surface area (Å²) in [6, 6.07) is 6.18. The van der Waals surface area contributed by atoms with Crippen LogP contribution in [0.5, 0.6) is 0 Å². The number of hydrogen-bond acceptors (Lipinski definition) is 6. The first kappa shape index (κ1) is 22.3. The Labute approximate surface area is 191 Å². The summed E-state index contributed by atoms with van der Waals surface area (Å²) in [6.07, 6.45) is 6.59. The Hall–Kier alpha value is -2.87. The van der Waals surface area contributed by atoms with Crippen molar-refractivity contribution in [2.45, 2.75) is 46.1 Å². The lowest BCUT2D eigenvalue weighted by molar-refractivity contribution is 0.0545. The Morgan fingerprint density at radius 3 is 2.66 bits per heavy atom. The molecule has 8 heteroatoms. The van der Waals surface area contributed by atoms with E-state index in [9.17, 15) is 9.18 Å². The van der Waals surface area contributed by atoms with Crippen molar-refractivity contribution in [3.63, 3.8) is 0 Å². The smallest absolute Gasteiger partial charge is 0.266 e. The third-order valence-electron chi connectivity index (χ3n) is 6.01. The summed E-state index contributed by atoms with van der Waals surface area (Å²) < 4.78 is 13.4. The minimum absolute atomic E-state index is 0.0180. The van der Waals surface area contributed by atoms with E-state index in [0.29, 0.717) is 35.5 Å². The Balaban J connectivity index is 1.56. The summed E-state index contributed by atoms with van der Waals surface area (Å²) in [7, 11) is 0. The molecule has 3 heterocycles. The summed E-state index contributed by atoms with van der Waals surface area (Å²) >= 11 is 1.40. The van der Waals surface area contributed by atoms with Crippen molar-refractivity contribution in [3.05, 3.63) is 57.9 Å². The van der Waals surface area contributed by atoms with Crippen molar-refractivity contribution < 1.29 is 9.18 Å². The minimum atomic E-state index is -0.307. The van der Waals surface area contributed by atoms with E-state index in [1.54, 1.807) is 12.1 Å². The summed E-state index contributed by atoms with van der Waals surface area (Å²) in [5.74, 6) is 0.598. The van der Waals surface area contributed by atoms with E-state index >= 15 is 0 Å². The molecular weight excluding hydrogens is 425 g/mol. The highest BCUT2D eigenvalue weighted by atomic mass is 32.1. The van der Waals surface area contributed by atoms with Crippen LogP contribution in [0.2, 0.25) is 0 Å². The van der Waals surface area contributed by atoms with Crippen LogP contribution in [0.25, 0.3) is 11.3 Å². The first-order valence-corrected chi connectivity index (χ1v) is 11.9. The van der Waals surface area contributed by atoms with Gasteiger partial charge in [0.25, 0.3) is 5.91 Å². The largest absolute Gasteiger partial charge is 0.352 e. The van der Waals surface area contributed by atoms with Gasteiger partial charge in [0.1, 0.15) is 10.7 Å². The Bertz CT molecular complexity index is 1070. The molecule has 2 aromatic heterocycles. The number of aryl methyl sites for hydroxylation is 2. The molecule has 4 rings (SSSR count). The number of piperidine rings is 1. The predicted molar refractivity (Wildman–Crippen MR) is 125 cm³/mol. The highest BCUT2D eigenvalue weighted by Crippen LogP contribution is 2.32. The number of anilines is 1. The van der Waals surface area contributed by atoms with E-state index < -0.39 is 0 Å². The lowest BCUT2D eigenvalue weighted by Crippen LogP contribution is -2.51. The van der Waals surface area contributed by atoms with Gasteiger partial charge in [-0.15, -0.1) is 11.3 Å². The van der Waals surface area contributed by atoms with E-state index in [-0.39, 0.29) is 17.8 Å². The van der Waals surface area contributed by atoms with Crippen LogP contribution in [-0.4, -0.2) is 44.9 Å². The van der Waals surface area contributed by atoms with E-state index in [2.05, 4.69) is 34.1 Å². The molecule has 1 aliphatic heterocycles. The maximum absolute atomic E-state index is 13.7. The number of halogens is 1. The van der Waals surface area contributed by atoms with Crippen LogP contribution in [0.4, 0.5) is 10.3 Å². The minimum Gasteiger partial charge on any atom is -0.352 e. The van der Waals surface area contributed by atoms with Crippen LogP contribution in [0.15, 0.2) is 36.7 Å². The molecular formula is C24H28FN5OS. The van der Waals surface area contributed by atoms with E-state index in [1.165, 1.54) is 23.5 Å². The van der Waals surface area contributed by atoms with Gasteiger partial charge in [0, 0.05) is 31.0 Å². The molecule has 6 nitrogen and oxygen atoms in total. The summed E-state index contributed by atoms with van der Waals surface area (Å²) in [4.78, 5) is 29.6. The second-order valence-electron chi connectivity index (χ2n) is 8.25. The number of nitrogens with zero attached hydrogens (tertiary/aromatic N) is 4. The van der Waals surface area contributed by atoms with Gasteiger partial charge in [-0.25, -0.2) is 19.3 Å². The fourth-order valence-corrected chi connectivity index (χ4v) is 5.04. The number of carbonyl (C=O) groups excluding carboxylic acids is 1. The second kappa shape index (κ2) is 9.73. The van der Waals surface area contributed by atoms with Crippen molar-refractivity contribution >= 4 is 23.2 Å². The molecule has 0 saturated carbocycles. The van der Waals surface area contributed by atoms with E-state index in [4.69, 9.17) is 0 Å². The number of likely N-dealkylation sites (tertiary alicyclic amines) is 1. The SMILES string of the molecule is CCc1cnc(NCC2C(C)CCCN2C(=O)c2sc(C)nc2-c2ccc(F)cc2)nc1. The van der Waals surface area contributed by atoms with Gasteiger partial charge in [0.15, 0.2) is 0 Å². The van der Waals surface area contributed by atoms with Gasteiger partial charge in [-0.05, 0) is 61.9 Å². The number of thiazole rings is 1. The molecule has 32 heavy (non-hydrogen) atoms. The first-order chi connectivity index (χ1) is 15.5. The van der Waals surface area contributed by atoms with Gasteiger partial charge in [-0.1, -0.05) is 13.8 Å². The standard InChI is InChI=1S/C24H28FN5OS/c1-4-17-12-26-24(27-13-17)28-14-20-15(2)6-5-11-30(20)23(31)22-21(29-16(3)32-22)18-7-9-19(25)10-8-18/h7-10,12-13,15,20H,4-6,11,14H2,1-3H3,(H,26,27,28). The van der Waals surface area contributed by atoms with Gasteiger partial charge >= 0.3 is 0 Å². The second-order valence-corrected chi connectivity index (χ2v) is 9.46. The normalized spacial score (nSPS) is 18.6. The number of nitrogens with one attached hydrogen (secondary N) is 1. The predicted octanol–water partition coefficient (Wildman–Crippen LogP) is 4.96. The highest BCUT2D eigenvalue weighted by molar-refractivity contribution is 7.14. The monoisotopic (exact) mass is 453 g/mol. The van der Waals surface area contributed by atoms with Crippen molar-refractivity contribution in [2.75, 3.05) is 18.4 Å². The topological polar surface area (TPSA) is 71.0 Å². The number of carbonyl (C=O) groups is 1. The fraction of sp³-hybridized carbons (Fsp3) is 0.417. The highest BCUT2D eigenvalue weighted by Gasteiger charge is 2.34. The molecule has 2 atom stereocenters. The van der Waals surface area contributed by atoms with Crippen LogP contribution < -0.4 is 5.32 Å². The summed E-state index contributed by atoms with van der Waals surface area (Å²) in [5.41, 5.74) is 2.47. The zero-order valence-electron chi connectivity index (χ0n) is 18.6. The molecule has 1 N–H and O–H groups in total. The zero-order chi connectivity index (χ0) is 22.7. The van der Waals surface area contributed by atoms with Crippen molar-refractivity contribution in [3.8, 4) is 11.3 Å². The van der Waals surface area contributed by atoms with Crippen LogP contribution in [-0.2, 0) is 6.42 Å². The zero-order valence-corrected chi connectivity index (χ0v) is 19.5. The molecule has 1 amide bonds. The molecule has 2 unspecified atom stereocenters. The molecule has 1 aromatic carbocycles. The number of rotatable bonds is 6. The quantitative estimate of drug-likeness (QED) is 0.571. The van der Waals surface area contributed by atoms with Crippen molar-refractivity contribution in [1.29, 1.82) is 0 Å². The average molecular weight is 454 g/mol. The molecule has 1 saturated heterocycles. The third kappa shape index (κ3) is 4.80. The molecule has 0 radical (unpaired) electrons. The van der Waals surface area contributed by atoms with E-state index in [1.807, 2.05) is 24.2 Å². The number of aromatic nitrogens is 3. The Morgan fingerprint density at radius 2 is 1.97 bits per heavy atom. The fourth-order valence-electron chi connectivity index (χ4n) is 4.14.